The van der Waals surface area contributed by atoms with E-state index in [1.165, 1.54) is 41.0 Å². The molecule has 1 N–H and O–H groups in total. The number of nitrogens with zero attached hydrogens (tertiary/aromatic N) is 1. The molecule has 0 spiro atoms. The zero-order valence-corrected chi connectivity index (χ0v) is 12.0. The summed E-state index contributed by atoms with van der Waals surface area (Å²) in [6, 6.07) is 6.35. The number of carboxylic acids is 1. The van der Waals surface area contributed by atoms with Gasteiger partial charge in [-0.05, 0) is 55.2 Å². The van der Waals surface area contributed by atoms with E-state index in [9.17, 15) is 4.79 Å². The molecule has 4 heteroatoms. The number of hydrogen-bond donors (Lipinski definition) is 1. The third kappa shape index (κ3) is 2.33. The number of fused-ring (bicyclic) bond motifs is 1. The van der Waals surface area contributed by atoms with Gasteiger partial charge < -0.3 is 5.11 Å². The Morgan fingerprint density at radius 3 is 2.80 bits per heavy atom. The smallest absolute Gasteiger partial charge is 0.303 e. The molecule has 0 saturated heterocycles. The second-order valence-corrected chi connectivity index (χ2v) is 7.16. The summed E-state index contributed by atoms with van der Waals surface area (Å²) >= 11 is 1.79. The summed E-state index contributed by atoms with van der Waals surface area (Å²) in [5, 5.41) is 10.4. The summed E-state index contributed by atoms with van der Waals surface area (Å²) in [5.41, 5.74) is 2.26. The van der Waals surface area contributed by atoms with E-state index in [1.807, 2.05) is 0 Å². The molecule has 0 radical (unpaired) electrons. The number of carboxylic acid groups (broad SMARTS) is 1. The van der Waals surface area contributed by atoms with Gasteiger partial charge in [0.05, 0.1) is 21.6 Å². The van der Waals surface area contributed by atoms with Crippen molar-refractivity contribution < 1.29 is 9.90 Å². The molecule has 0 aliphatic heterocycles. The Morgan fingerprint density at radius 1 is 1.35 bits per heavy atom. The van der Waals surface area contributed by atoms with E-state index in [0.717, 1.165) is 5.52 Å². The number of aliphatic carboxylic acids is 1. The fourth-order valence-electron chi connectivity index (χ4n) is 2.94. The first-order valence-corrected chi connectivity index (χ1v) is 8.14. The van der Waals surface area contributed by atoms with Gasteiger partial charge in [-0.15, -0.1) is 11.3 Å². The van der Waals surface area contributed by atoms with Gasteiger partial charge in [0.1, 0.15) is 0 Å². The third-order valence-corrected chi connectivity index (χ3v) is 5.55. The van der Waals surface area contributed by atoms with Crippen molar-refractivity contribution in [2.24, 2.45) is 5.92 Å². The first kappa shape index (κ1) is 12.3. The minimum absolute atomic E-state index is 0.184. The fraction of sp³-hybridized carbons (Fsp3) is 0.500. The minimum Gasteiger partial charge on any atom is -0.481 e. The maximum absolute atomic E-state index is 11.1. The van der Waals surface area contributed by atoms with Crippen LogP contribution >= 0.6 is 11.3 Å². The Balaban J connectivity index is 1.69. The van der Waals surface area contributed by atoms with Gasteiger partial charge in [-0.2, -0.15) is 0 Å². The van der Waals surface area contributed by atoms with Gasteiger partial charge >= 0.3 is 5.97 Å². The maximum Gasteiger partial charge on any atom is 0.303 e. The van der Waals surface area contributed by atoms with Crippen molar-refractivity contribution in [3.63, 3.8) is 0 Å². The van der Waals surface area contributed by atoms with Crippen molar-refractivity contribution in [2.45, 2.75) is 43.9 Å². The number of hydrogen-bond acceptors (Lipinski definition) is 3. The van der Waals surface area contributed by atoms with Crippen molar-refractivity contribution in [3.8, 4) is 0 Å². The van der Waals surface area contributed by atoms with Gasteiger partial charge in [0.25, 0.3) is 0 Å². The lowest BCUT2D eigenvalue weighted by molar-refractivity contribution is -0.137. The standard InChI is InChI=1S/C16H17NO2S/c18-15(19)8-12(9-1-2-9)11-5-6-13-14(7-11)20-16(17-13)10-3-4-10/h5-7,9-10,12H,1-4,8H2,(H,18,19). The molecule has 1 aromatic carbocycles. The summed E-state index contributed by atoms with van der Waals surface area (Å²) in [4.78, 5) is 15.8. The molecule has 2 aliphatic rings. The average molecular weight is 287 g/mol. The second-order valence-electron chi connectivity index (χ2n) is 6.10. The van der Waals surface area contributed by atoms with E-state index < -0.39 is 5.97 Å². The van der Waals surface area contributed by atoms with Crippen LogP contribution in [-0.2, 0) is 4.79 Å². The van der Waals surface area contributed by atoms with Gasteiger partial charge in [0.15, 0.2) is 0 Å². The van der Waals surface area contributed by atoms with Crippen LogP contribution < -0.4 is 0 Å². The fourth-order valence-corrected chi connectivity index (χ4v) is 4.12. The molecular weight excluding hydrogens is 270 g/mol. The molecule has 104 valence electrons. The Morgan fingerprint density at radius 2 is 2.15 bits per heavy atom. The van der Waals surface area contributed by atoms with Crippen LogP contribution in [0.2, 0.25) is 0 Å². The van der Waals surface area contributed by atoms with Crippen LogP contribution in [0.5, 0.6) is 0 Å². The highest BCUT2D eigenvalue weighted by molar-refractivity contribution is 7.18. The van der Waals surface area contributed by atoms with Crippen LogP contribution in [-0.4, -0.2) is 16.1 Å². The Labute approximate surface area is 121 Å². The van der Waals surface area contributed by atoms with Crippen LogP contribution in [0.3, 0.4) is 0 Å². The number of thiazole rings is 1. The summed E-state index contributed by atoms with van der Waals surface area (Å²) in [5.74, 6) is 0.752. The minimum atomic E-state index is -0.690. The van der Waals surface area contributed by atoms with E-state index in [2.05, 4.69) is 18.2 Å². The predicted octanol–water partition coefficient (Wildman–Crippen LogP) is 4.14. The van der Waals surface area contributed by atoms with Crippen LogP contribution in [0.25, 0.3) is 10.2 Å². The number of carbonyl (C=O) groups is 1. The molecule has 1 aromatic heterocycles. The molecule has 0 bridgehead atoms. The predicted molar refractivity (Wildman–Crippen MR) is 79.3 cm³/mol. The van der Waals surface area contributed by atoms with Gasteiger partial charge in [-0.1, -0.05) is 6.07 Å². The van der Waals surface area contributed by atoms with Crippen LogP contribution in [0.15, 0.2) is 18.2 Å². The molecular formula is C16H17NO2S. The van der Waals surface area contributed by atoms with E-state index in [0.29, 0.717) is 11.8 Å². The first-order chi connectivity index (χ1) is 9.70. The lowest BCUT2D eigenvalue weighted by atomic mass is 9.91. The number of aromatic nitrogens is 1. The number of rotatable bonds is 5. The normalized spacial score (nSPS) is 20.2. The lowest BCUT2D eigenvalue weighted by Gasteiger charge is -2.14. The summed E-state index contributed by atoms with van der Waals surface area (Å²) in [6.45, 7) is 0. The van der Waals surface area contributed by atoms with Crippen LogP contribution in [0, 0.1) is 5.92 Å². The molecule has 1 unspecified atom stereocenters. The van der Waals surface area contributed by atoms with Crippen molar-refractivity contribution in [3.05, 3.63) is 28.8 Å². The lowest BCUT2D eigenvalue weighted by Crippen LogP contribution is -2.08. The topological polar surface area (TPSA) is 50.2 Å². The Kier molecular flexibility index (Phi) is 2.81. The first-order valence-electron chi connectivity index (χ1n) is 7.33. The molecule has 2 aliphatic carbocycles. The summed E-state index contributed by atoms with van der Waals surface area (Å²) in [7, 11) is 0. The van der Waals surface area contributed by atoms with Gasteiger partial charge in [-0.3, -0.25) is 4.79 Å². The van der Waals surface area contributed by atoms with Gasteiger partial charge in [0.2, 0.25) is 0 Å². The second kappa shape index (κ2) is 4.55. The highest BCUT2D eigenvalue weighted by Gasteiger charge is 2.34. The van der Waals surface area contributed by atoms with Crippen molar-refractivity contribution >= 4 is 27.5 Å². The van der Waals surface area contributed by atoms with Crippen molar-refractivity contribution in [1.82, 2.24) is 4.98 Å². The summed E-state index contributed by atoms with van der Waals surface area (Å²) in [6.07, 6.45) is 5.15. The molecule has 4 rings (SSSR count). The molecule has 20 heavy (non-hydrogen) atoms. The van der Waals surface area contributed by atoms with Crippen molar-refractivity contribution in [2.75, 3.05) is 0 Å². The molecule has 2 aromatic rings. The maximum atomic E-state index is 11.1. The molecule has 1 heterocycles. The zero-order chi connectivity index (χ0) is 13.7. The van der Waals surface area contributed by atoms with Crippen molar-refractivity contribution in [1.29, 1.82) is 0 Å². The molecule has 1 atom stereocenters. The number of benzene rings is 1. The Hall–Kier alpha value is -1.42. The molecule has 0 amide bonds. The molecule has 2 fully saturated rings. The zero-order valence-electron chi connectivity index (χ0n) is 11.2. The Bertz CT molecular complexity index is 670. The largest absolute Gasteiger partial charge is 0.481 e. The molecule has 3 nitrogen and oxygen atoms in total. The SMILES string of the molecule is O=C(O)CC(c1ccc2nc(C3CC3)sc2c1)C1CC1. The third-order valence-electron chi connectivity index (χ3n) is 4.37. The highest BCUT2D eigenvalue weighted by atomic mass is 32.1. The van der Waals surface area contributed by atoms with E-state index in [-0.39, 0.29) is 12.3 Å². The van der Waals surface area contributed by atoms with Gasteiger partial charge in [-0.25, -0.2) is 4.98 Å². The quantitative estimate of drug-likeness (QED) is 0.899. The van der Waals surface area contributed by atoms with E-state index >= 15 is 0 Å². The summed E-state index contributed by atoms with van der Waals surface area (Å²) < 4.78 is 1.22. The monoisotopic (exact) mass is 287 g/mol. The van der Waals surface area contributed by atoms with Crippen LogP contribution in [0.1, 0.15) is 54.5 Å². The van der Waals surface area contributed by atoms with Crippen LogP contribution in [0.4, 0.5) is 0 Å². The average Bonchev–Trinajstić information content (AvgIpc) is 3.31. The van der Waals surface area contributed by atoms with E-state index in [1.54, 1.807) is 11.3 Å². The highest BCUT2D eigenvalue weighted by Crippen LogP contribution is 2.46. The van der Waals surface area contributed by atoms with Gasteiger partial charge in [0, 0.05) is 5.92 Å². The van der Waals surface area contributed by atoms with E-state index in [4.69, 9.17) is 10.1 Å². The molecule has 2 saturated carbocycles.